The van der Waals surface area contributed by atoms with Gasteiger partial charge in [-0.05, 0) is 48.9 Å². The Morgan fingerprint density at radius 2 is 1.96 bits per heavy atom. The van der Waals surface area contributed by atoms with Gasteiger partial charge in [0.15, 0.2) is 0 Å². The van der Waals surface area contributed by atoms with E-state index in [0.717, 1.165) is 16.9 Å². The summed E-state index contributed by atoms with van der Waals surface area (Å²) < 4.78 is 10.9. The van der Waals surface area contributed by atoms with Crippen molar-refractivity contribution in [3.63, 3.8) is 0 Å². The molecule has 0 saturated heterocycles. The molecule has 6 heteroatoms. The Morgan fingerprint density at radius 1 is 1.21 bits per heavy atom. The van der Waals surface area contributed by atoms with Gasteiger partial charge >= 0.3 is 5.97 Å². The van der Waals surface area contributed by atoms with Gasteiger partial charge in [-0.15, -0.1) is 0 Å². The Kier molecular flexibility index (Phi) is 4.48. The standard InChI is InChI=1S/C18H15NO4S/c1-11-3-4-13(17(20)21)9-15(11)19-18-23-16(10-24-18)12-5-7-14(22-2)8-6-12/h3-10H,1-2H3,(H,20,21). The average Bonchev–Trinajstić information content (AvgIpc) is 3.05. The number of hydrogen-bond donors (Lipinski definition) is 1. The summed E-state index contributed by atoms with van der Waals surface area (Å²) in [6.07, 6.45) is 0. The molecule has 3 rings (SSSR count). The first-order valence-electron chi connectivity index (χ1n) is 7.18. The number of aromatic carboxylic acids is 1. The maximum Gasteiger partial charge on any atom is 0.335 e. The van der Waals surface area contributed by atoms with Gasteiger partial charge in [-0.1, -0.05) is 17.4 Å². The molecule has 0 radical (unpaired) electrons. The molecule has 24 heavy (non-hydrogen) atoms. The molecule has 0 amide bonds. The highest BCUT2D eigenvalue weighted by molar-refractivity contribution is 7.07. The Hall–Kier alpha value is -2.86. The summed E-state index contributed by atoms with van der Waals surface area (Å²) in [4.78, 5) is 16.0. The molecule has 0 aliphatic heterocycles. The molecule has 3 aromatic rings. The van der Waals surface area contributed by atoms with Crippen LogP contribution in [0.3, 0.4) is 0 Å². The molecular weight excluding hydrogens is 326 g/mol. The predicted octanol–water partition coefficient (Wildman–Crippen LogP) is 4.26. The SMILES string of the molecule is COc1ccc(-c2csc(=Nc3cc(C(=O)O)ccc3C)o2)cc1. The molecule has 0 aliphatic carbocycles. The van der Waals surface area contributed by atoms with E-state index in [2.05, 4.69) is 4.99 Å². The van der Waals surface area contributed by atoms with E-state index in [9.17, 15) is 4.79 Å². The van der Waals surface area contributed by atoms with Crippen LogP contribution in [-0.4, -0.2) is 18.2 Å². The van der Waals surface area contributed by atoms with E-state index in [0.29, 0.717) is 16.3 Å². The van der Waals surface area contributed by atoms with E-state index < -0.39 is 5.97 Å². The molecule has 122 valence electrons. The number of carboxylic acids is 1. The van der Waals surface area contributed by atoms with Gasteiger partial charge in [0, 0.05) is 10.9 Å². The fourth-order valence-corrected chi connectivity index (χ4v) is 2.82. The van der Waals surface area contributed by atoms with E-state index in [1.165, 1.54) is 11.3 Å². The lowest BCUT2D eigenvalue weighted by Gasteiger charge is -2.01. The van der Waals surface area contributed by atoms with Crippen molar-refractivity contribution in [2.45, 2.75) is 6.92 Å². The van der Waals surface area contributed by atoms with E-state index >= 15 is 0 Å². The fraction of sp³-hybridized carbons (Fsp3) is 0.111. The third kappa shape index (κ3) is 3.38. The van der Waals surface area contributed by atoms with Crippen LogP contribution in [0.4, 0.5) is 5.69 Å². The van der Waals surface area contributed by atoms with Crippen molar-refractivity contribution < 1.29 is 19.1 Å². The number of hydrogen-bond acceptors (Lipinski definition) is 5. The number of methoxy groups -OCH3 is 1. The van der Waals surface area contributed by atoms with E-state index in [4.69, 9.17) is 14.3 Å². The van der Waals surface area contributed by atoms with E-state index in [-0.39, 0.29) is 5.56 Å². The van der Waals surface area contributed by atoms with Crippen molar-refractivity contribution in [1.82, 2.24) is 0 Å². The lowest BCUT2D eigenvalue weighted by Crippen LogP contribution is -1.97. The maximum absolute atomic E-state index is 11.1. The molecule has 0 spiro atoms. The smallest absolute Gasteiger partial charge is 0.335 e. The summed E-state index contributed by atoms with van der Waals surface area (Å²) in [5.41, 5.74) is 2.59. The van der Waals surface area contributed by atoms with Crippen LogP contribution in [0.25, 0.3) is 11.3 Å². The van der Waals surface area contributed by atoms with Crippen molar-refractivity contribution in [2.75, 3.05) is 7.11 Å². The molecule has 1 N–H and O–H groups in total. The molecule has 0 unspecified atom stereocenters. The third-order valence-corrected chi connectivity index (χ3v) is 4.21. The Morgan fingerprint density at radius 3 is 2.62 bits per heavy atom. The van der Waals surface area contributed by atoms with Gasteiger partial charge < -0.3 is 14.3 Å². The quantitative estimate of drug-likeness (QED) is 0.770. The minimum Gasteiger partial charge on any atom is -0.497 e. The number of carboxylic acid groups (broad SMARTS) is 1. The second-order valence-corrected chi connectivity index (χ2v) is 5.94. The third-order valence-electron chi connectivity index (χ3n) is 3.51. The molecule has 0 atom stereocenters. The van der Waals surface area contributed by atoms with Gasteiger partial charge in [0.05, 0.1) is 18.4 Å². The van der Waals surface area contributed by atoms with Gasteiger partial charge in [-0.3, -0.25) is 0 Å². The van der Waals surface area contributed by atoms with Gasteiger partial charge in [0.25, 0.3) is 4.87 Å². The van der Waals surface area contributed by atoms with Crippen LogP contribution < -0.4 is 9.60 Å². The topological polar surface area (TPSA) is 72.0 Å². The minimum atomic E-state index is -0.978. The molecule has 5 nitrogen and oxygen atoms in total. The highest BCUT2D eigenvalue weighted by Crippen LogP contribution is 2.24. The van der Waals surface area contributed by atoms with E-state index in [1.54, 1.807) is 25.3 Å². The van der Waals surface area contributed by atoms with Crippen LogP contribution in [0.2, 0.25) is 0 Å². The summed E-state index contributed by atoms with van der Waals surface area (Å²) in [6.45, 7) is 1.88. The Bertz CT molecular complexity index is 938. The molecule has 0 saturated carbocycles. The van der Waals surface area contributed by atoms with Crippen LogP contribution in [-0.2, 0) is 0 Å². The van der Waals surface area contributed by atoms with Crippen molar-refractivity contribution in [3.05, 3.63) is 63.8 Å². The number of carbonyl (C=O) groups is 1. The summed E-state index contributed by atoms with van der Waals surface area (Å²) in [5, 5.41) is 11.0. The molecule has 0 fully saturated rings. The van der Waals surface area contributed by atoms with Gasteiger partial charge in [0.1, 0.15) is 11.5 Å². The largest absolute Gasteiger partial charge is 0.497 e. The lowest BCUT2D eigenvalue weighted by atomic mass is 10.1. The molecular formula is C18H15NO4S. The molecule has 1 heterocycles. The summed E-state index contributed by atoms with van der Waals surface area (Å²) in [5.74, 6) is 0.502. The van der Waals surface area contributed by atoms with Crippen LogP contribution >= 0.6 is 11.3 Å². The molecule has 0 aliphatic rings. The summed E-state index contributed by atoms with van der Waals surface area (Å²) >= 11 is 1.36. The lowest BCUT2D eigenvalue weighted by molar-refractivity contribution is 0.0697. The Labute approximate surface area is 142 Å². The first kappa shape index (κ1) is 16.0. The maximum atomic E-state index is 11.1. The van der Waals surface area contributed by atoms with Crippen molar-refractivity contribution in [1.29, 1.82) is 0 Å². The van der Waals surface area contributed by atoms with Gasteiger partial charge in [0.2, 0.25) is 0 Å². The Balaban J connectivity index is 1.96. The second kappa shape index (κ2) is 6.72. The van der Waals surface area contributed by atoms with Crippen molar-refractivity contribution in [2.24, 2.45) is 4.99 Å². The van der Waals surface area contributed by atoms with E-state index in [1.807, 2.05) is 36.6 Å². The average molecular weight is 341 g/mol. The van der Waals surface area contributed by atoms with Gasteiger partial charge in [-0.25, -0.2) is 9.79 Å². The predicted molar refractivity (Wildman–Crippen MR) is 91.9 cm³/mol. The first-order chi connectivity index (χ1) is 11.6. The molecule has 2 aromatic carbocycles. The second-order valence-electron chi connectivity index (χ2n) is 5.11. The fourth-order valence-electron chi connectivity index (χ4n) is 2.14. The zero-order valence-corrected chi connectivity index (χ0v) is 14.0. The van der Waals surface area contributed by atoms with Crippen LogP contribution in [0.15, 0.2) is 57.3 Å². The number of aryl methyl sites for hydroxylation is 1. The monoisotopic (exact) mass is 341 g/mol. The highest BCUT2D eigenvalue weighted by Gasteiger charge is 2.07. The zero-order valence-electron chi connectivity index (χ0n) is 13.1. The summed E-state index contributed by atoms with van der Waals surface area (Å²) in [7, 11) is 1.62. The highest BCUT2D eigenvalue weighted by atomic mass is 32.1. The number of ether oxygens (including phenoxy) is 1. The minimum absolute atomic E-state index is 0.200. The van der Waals surface area contributed by atoms with Crippen molar-refractivity contribution >= 4 is 23.0 Å². The zero-order chi connectivity index (χ0) is 17.1. The number of benzene rings is 2. The normalized spacial score (nSPS) is 11.5. The van der Waals surface area contributed by atoms with Crippen LogP contribution in [0.1, 0.15) is 15.9 Å². The van der Waals surface area contributed by atoms with Gasteiger partial charge in [-0.2, -0.15) is 0 Å². The number of nitrogens with zero attached hydrogens (tertiary/aromatic N) is 1. The van der Waals surface area contributed by atoms with Crippen molar-refractivity contribution in [3.8, 4) is 17.1 Å². The number of rotatable bonds is 4. The van der Waals surface area contributed by atoms with Crippen LogP contribution in [0.5, 0.6) is 5.75 Å². The first-order valence-corrected chi connectivity index (χ1v) is 8.06. The molecule has 0 bridgehead atoms. The summed E-state index contributed by atoms with van der Waals surface area (Å²) in [6, 6.07) is 12.4. The molecule has 1 aromatic heterocycles. The van der Waals surface area contributed by atoms with Crippen LogP contribution in [0, 0.1) is 6.92 Å².